The van der Waals surface area contributed by atoms with Gasteiger partial charge in [0.1, 0.15) is 0 Å². The lowest BCUT2D eigenvalue weighted by Crippen LogP contribution is -1.83. The molecule has 0 aromatic carbocycles. The summed E-state index contributed by atoms with van der Waals surface area (Å²) in [5, 5.41) is 1.26. The van der Waals surface area contributed by atoms with Gasteiger partial charge in [0.25, 0.3) is 0 Å². The van der Waals surface area contributed by atoms with E-state index in [0.717, 1.165) is 0 Å². The minimum absolute atomic E-state index is 1.26. The highest BCUT2D eigenvalue weighted by molar-refractivity contribution is 8.15. The molecule has 0 atom stereocenters. The first-order valence-corrected chi connectivity index (χ1v) is 7.41. The summed E-state index contributed by atoms with van der Waals surface area (Å²) in [6.07, 6.45) is 7.12. The number of unbranched alkanes of at least 4 members (excludes halogenated alkanes) is 1. The maximum Gasteiger partial charge on any atom is 0.0389 e. The lowest BCUT2D eigenvalue weighted by Gasteiger charge is -1.97. The predicted octanol–water partition coefficient (Wildman–Crippen LogP) is 3.18. The third-order valence-corrected chi connectivity index (χ3v) is 3.97. The average Bonchev–Trinajstić information content (AvgIpc) is 1.97. The van der Waals surface area contributed by atoms with Crippen LogP contribution in [0.4, 0.5) is 0 Å². The number of thioether (sulfide) groups is 3. The molecule has 0 rings (SSSR count). The molecule has 0 bridgehead atoms. The van der Waals surface area contributed by atoms with E-state index in [0.29, 0.717) is 0 Å². The van der Waals surface area contributed by atoms with Gasteiger partial charge in [-0.15, -0.1) is 0 Å². The van der Waals surface area contributed by atoms with Crippen LogP contribution in [0.3, 0.4) is 0 Å². The van der Waals surface area contributed by atoms with Gasteiger partial charge >= 0.3 is 0 Å². The Morgan fingerprint density at radius 3 is 2.20 bits per heavy atom. The Bertz CT molecular complexity index is 48.8. The second kappa shape index (κ2) is 10.0. The molecule has 0 saturated carbocycles. The molecule has 10 heavy (non-hydrogen) atoms. The quantitative estimate of drug-likeness (QED) is 0.453. The zero-order chi connectivity index (χ0) is 7.66. The van der Waals surface area contributed by atoms with Gasteiger partial charge in [-0.1, -0.05) is 0 Å². The highest BCUT2D eigenvalue weighted by Crippen LogP contribution is 2.11. The molecule has 0 amide bonds. The van der Waals surface area contributed by atoms with E-state index in [9.17, 15) is 0 Å². The molecule has 0 saturated heterocycles. The van der Waals surface area contributed by atoms with Gasteiger partial charge < -0.3 is 0 Å². The molecule has 0 heterocycles. The van der Waals surface area contributed by atoms with Crippen molar-refractivity contribution in [3.8, 4) is 0 Å². The van der Waals surface area contributed by atoms with Crippen molar-refractivity contribution in [2.45, 2.75) is 12.8 Å². The van der Waals surface area contributed by atoms with Crippen LogP contribution < -0.4 is 0 Å². The van der Waals surface area contributed by atoms with Gasteiger partial charge in [-0.05, 0) is 36.9 Å². The Morgan fingerprint density at radius 1 is 0.900 bits per heavy atom. The van der Waals surface area contributed by atoms with Crippen LogP contribution in [-0.2, 0) is 0 Å². The first-order chi connectivity index (χ1) is 4.91. The molecular formula is C7H16S3. The van der Waals surface area contributed by atoms with Gasteiger partial charge in [-0.25, -0.2) is 0 Å². The largest absolute Gasteiger partial charge is 0.165 e. The van der Waals surface area contributed by atoms with Crippen LogP contribution >= 0.6 is 35.3 Å². The second-order valence-corrected chi connectivity index (χ2v) is 5.34. The SMILES string of the molecule is CSCCCCSCSC. The van der Waals surface area contributed by atoms with Gasteiger partial charge in [0.15, 0.2) is 0 Å². The lowest BCUT2D eigenvalue weighted by atomic mass is 10.4. The highest BCUT2D eigenvalue weighted by atomic mass is 32.2. The molecule has 0 aliphatic rings. The topological polar surface area (TPSA) is 0 Å². The highest BCUT2D eigenvalue weighted by Gasteiger charge is 1.87. The van der Waals surface area contributed by atoms with Gasteiger partial charge in [0.05, 0.1) is 0 Å². The Labute approximate surface area is 77.3 Å². The van der Waals surface area contributed by atoms with Crippen molar-refractivity contribution in [1.29, 1.82) is 0 Å². The number of rotatable bonds is 7. The molecule has 0 radical (unpaired) electrons. The monoisotopic (exact) mass is 196 g/mol. The molecule has 0 N–H and O–H groups in total. The fourth-order valence-electron chi connectivity index (χ4n) is 0.593. The van der Waals surface area contributed by atoms with Crippen molar-refractivity contribution in [2.24, 2.45) is 0 Å². The van der Waals surface area contributed by atoms with E-state index in [4.69, 9.17) is 0 Å². The molecule has 0 aromatic heterocycles. The van der Waals surface area contributed by atoms with Gasteiger partial charge in [0.2, 0.25) is 0 Å². The molecule has 0 spiro atoms. The second-order valence-electron chi connectivity index (χ2n) is 2.01. The molecule has 0 aromatic rings. The molecular weight excluding hydrogens is 180 g/mol. The minimum Gasteiger partial charge on any atom is -0.165 e. The Kier molecular flexibility index (Phi) is 11.1. The van der Waals surface area contributed by atoms with E-state index in [1.807, 2.05) is 23.5 Å². The summed E-state index contributed by atoms with van der Waals surface area (Å²) in [6, 6.07) is 0. The lowest BCUT2D eigenvalue weighted by molar-refractivity contribution is 0.909. The maximum atomic E-state index is 2.18. The fourth-order valence-corrected chi connectivity index (χ4v) is 2.63. The molecule has 62 valence electrons. The maximum absolute atomic E-state index is 2.18. The Hall–Kier alpha value is 1.05. The zero-order valence-corrected chi connectivity index (χ0v) is 9.21. The number of hydrogen-bond donors (Lipinski definition) is 0. The standard InChI is InChI=1S/C7H16S3/c1-8-5-3-4-6-10-7-9-2/h3-7H2,1-2H3. The van der Waals surface area contributed by atoms with Crippen LogP contribution in [0.5, 0.6) is 0 Å². The summed E-state index contributed by atoms with van der Waals surface area (Å²) in [4.78, 5) is 0. The van der Waals surface area contributed by atoms with Crippen LogP contribution in [0.25, 0.3) is 0 Å². The van der Waals surface area contributed by atoms with E-state index < -0.39 is 0 Å². The predicted molar refractivity (Wildman–Crippen MR) is 58.5 cm³/mol. The van der Waals surface area contributed by atoms with Crippen molar-refractivity contribution >= 4 is 35.3 Å². The van der Waals surface area contributed by atoms with Gasteiger partial charge in [0, 0.05) is 5.08 Å². The summed E-state index contributed by atoms with van der Waals surface area (Å²) < 4.78 is 0. The third kappa shape index (κ3) is 9.05. The summed E-state index contributed by atoms with van der Waals surface area (Å²) in [6.45, 7) is 0. The van der Waals surface area contributed by atoms with E-state index in [-0.39, 0.29) is 0 Å². The molecule has 3 heteroatoms. The van der Waals surface area contributed by atoms with E-state index in [1.54, 1.807) is 0 Å². The van der Waals surface area contributed by atoms with Crippen LogP contribution in [0, 0.1) is 0 Å². The van der Waals surface area contributed by atoms with E-state index in [1.165, 1.54) is 29.4 Å². The van der Waals surface area contributed by atoms with Crippen LogP contribution in [0.1, 0.15) is 12.8 Å². The smallest absolute Gasteiger partial charge is 0.0389 e. The minimum atomic E-state index is 1.26. The summed E-state index contributed by atoms with van der Waals surface area (Å²) in [7, 11) is 0. The van der Waals surface area contributed by atoms with Crippen molar-refractivity contribution in [1.82, 2.24) is 0 Å². The van der Waals surface area contributed by atoms with E-state index in [2.05, 4.69) is 24.3 Å². The molecule has 0 aliphatic heterocycles. The fraction of sp³-hybridized carbons (Fsp3) is 1.00. The van der Waals surface area contributed by atoms with Crippen molar-refractivity contribution < 1.29 is 0 Å². The summed E-state index contributed by atoms with van der Waals surface area (Å²) in [5.41, 5.74) is 0. The zero-order valence-electron chi connectivity index (χ0n) is 6.76. The van der Waals surface area contributed by atoms with Crippen molar-refractivity contribution in [2.75, 3.05) is 29.1 Å². The first kappa shape index (κ1) is 11.1. The molecule has 0 fully saturated rings. The Balaban J connectivity index is 2.65. The molecule has 0 unspecified atom stereocenters. The van der Waals surface area contributed by atoms with Crippen LogP contribution in [-0.4, -0.2) is 29.1 Å². The third-order valence-electron chi connectivity index (χ3n) is 1.09. The summed E-state index contributed by atoms with van der Waals surface area (Å²) >= 11 is 5.93. The number of hydrogen-bond acceptors (Lipinski definition) is 3. The van der Waals surface area contributed by atoms with E-state index >= 15 is 0 Å². The van der Waals surface area contributed by atoms with Gasteiger partial charge in [-0.3, -0.25) is 0 Å². The average molecular weight is 196 g/mol. The summed E-state index contributed by atoms with van der Waals surface area (Å²) in [5.74, 6) is 2.68. The molecule has 0 nitrogen and oxygen atoms in total. The van der Waals surface area contributed by atoms with Crippen LogP contribution in [0.2, 0.25) is 0 Å². The van der Waals surface area contributed by atoms with Gasteiger partial charge in [-0.2, -0.15) is 35.3 Å². The first-order valence-electron chi connectivity index (χ1n) is 3.47. The molecule has 0 aliphatic carbocycles. The van der Waals surface area contributed by atoms with Crippen molar-refractivity contribution in [3.63, 3.8) is 0 Å². The normalized spacial score (nSPS) is 10.2. The van der Waals surface area contributed by atoms with Crippen LogP contribution in [0.15, 0.2) is 0 Å². The van der Waals surface area contributed by atoms with Crippen molar-refractivity contribution in [3.05, 3.63) is 0 Å². The Morgan fingerprint density at radius 2 is 1.60 bits per heavy atom.